The highest BCUT2D eigenvalue weighted by atomic mass is 79.9. The van der Waals surface area contributed by atoms with Gasteiger partial charge < -0.3 is 5.73 Å². The smallest absolute Gasteiger partial charge is 0.150 e. The van der Waals surface area contributed by atoms with E-state index in [0.29, 0.717) is 15.9 Å². The molecule has 0 aliphatic rings. The Morgan fingerprint density at radius 1 is 1.22 bits per heavy atom. The van der Waals surface area contributed by atoms with Gasteiger partial charge in [0.25, 0.3) is 0 Å². The van der Waals surface area contributed by atoms with Gasteiger partial charge >= 0.3 is 0 Å². The Bertz CT molecular complexity index is 721. The zero-order valence-corrected chi connectivity index (χ0v) is 10.7. The van der Waals surface area contributed by atoms with E-state index in [4.69, 9.17) is 5.73 Å². The van der Waals surface area contributed by atoms with Crippen LogP contribution in [0.15, 0.2) is 41.3 Å². The van der Waals surface area contributed by atoms with Crippen molar-refractivity contribution >= 4 is 27.3 Å². The first-order valence-corrected chi connectivity index (χ1v) is 6.00. The van der Waals surface area contributed by atoms with Crippen molar-refractivity contribution in [2.45, 2.75) is 0 Å². The first-order valence-electron chi connectivity index (χ1n) is 5.21. The number of anilines is 1. The summed E-state index contributed by atoms with van der Waals surface area (Å²) in [6.07, 6.45) is 3.29. The third kappa shape index (κ3) is 1.65. The van der Waals surface area contributed by atoms with Crippen LogP contribution in [0.1, 0.15) is 0 Å². The number of nitrogen functional groups attached to an aromatic ring is 1. The largest absolute Gasteiger partial charge is 0.382 e. The van der Waals surface area contributed by atoms with E-state index in [9.17, 15) is 4.39 Å². The van der Waals surface area contributed by atoms with Crippen LogP contribution in [0.5, 0.6) is 0 Å². The number of halogens is 2. The van der Waals surface area contributed by atoms with E-state index in [2.05, 4.69) is 26.0 Å². The van der Waals surface area contributed by atoms with Crippen LogP contribution in [0.2, 0.25) is 0 Å². The van der Waals surface area contributed by atoms with Gasteiger partial charge in [0.1, 0.15) is 21.8 Å². The van der Waals surface area contributed by atoms with Gasteiger partial charge in [-0.3, -0.25) is 0 Å². The molecule has 4 nitrogen and oxygen atoms in total. The molecule has 0 amide bonds. The Morgan fingerprint density at radius 2 is 1.94 bits per heavy atom. The lowest BCUT2D eigenvalue weighted by Gasteiger charge is -2.02. The summed E-state index contributed by atoms with van der Waals surface area (Å²) >= 11 is 3.39. The first-order chi connectivity index (χ1) is 8.66. The highest BCUT2D eigenvalue weighted by Gasteiger charge is 2.15. The fourth-order valence-electron chi connectivity index (χ4n) is 1.87. The van der Waals surface area contributed by atoms with Crippen LogP contribution in [0.4, 0.5) is 10.2 Å². The zero-order chi connectivity index (χ0) is 12.7. The van der Waals surface area contributed by atoms with Gasteiger partial charge in [-0.2, -0.15) is 5.10 Å². The van der Waals surface area contributed by atoms with Crippen molar-refractivity contribution in [3.63, 3.8) is 0 Å². The summed E-state index contributed by atoms with van der Waals surface area (Å²) in [5, 5.41) is 4.29. The highest BCUT2D eigenvalue weighted by Crippen LogP contribution is 2.33. The highest BCUT2D eigenvalue weighted by molar-refractivity contribution is 9.10. The SMILES string of the molecule is Nc1nccn2nc(Br)c(-c3ccc(F)cc3)c12. The molecular formula is C12H8BrFN4. The zero-order valence-electron chi connectivity index (χ0n) is 9.14. The van der Waals surface area contributed by atoms with E-state index < -0.39 is 0 Å². The fourth-order valence-corrected chi connectivity index (χ4v) is 2.46. The number of hydrogen-bond acceptors (Lipinski definition) is 3. The van der Waals surface area contributed by atoms with E-state index in [0.717, 1.165) is 11.1 Å². The molecule has 1 aromatic carbocycles. The van der Waals surface area contributed by atoms with Crippen LogP contribution in [0, 0.1) is 5.82 Å². The van der Waals surface area contributed by atoms with Gasteiger partial charge in [0.2, 0.25) is 0 Å². The van der Waals surface area contributed by atoms with Gasteiger partial charge in [0.15, 0.2) is 0 Å². The van der Waals surface area contributed by atoms with Crippen LogP contribution in [-0.4, -0.2) is 14.6 Å². The Morgan fingerprint density at radius 3 is 2.67 bits per heavy atom. The van der Waals surface area contributed by atoms with Crippen molar-refractivity contribution in [3.8, 4) is 11.1 Å². The molecule has 0 fully saturated rings. The van der Waals surface area contributed by atoms with E-state index in [1.807, 2.05) is 0 Å². The average molecular weight is 307 g/mol. The van der Waals surface area contributed by atoms with Gasteiger partial charge in [0.05, 0.1) is 0 Å². The summed E-state index contributed by atoms with van der Waals surface area (Å²) in [6.45, 7) is 0. The van der Waals surface area contributed by atoms with Crippen molar-refractivity contribution in [2.24, 2.45) is 0 Å². The predicted molar refractivity (Wildman–Crippen MR) is 70.5 cm³/mol. The molecule has 0 aliphatic heterocycles. The van der Waals surface area contributed by atoms with Crippen molar-refractivity contribution in [3.05, 3.63) is 47.1 Å². The predicted octanol–water partition coefficient (Wildman–Crippen LogP) is 2.88. The van der Waals surface area contributed by atoms with Crippen LogP contribution in [-0.2, 0) is 0 Å². The van der Waals surface area contributed by atoms with Gasteiger partial charge in [-0.15, -0.1) is 0 Å². The quantitative estimate of drug-likeness (QED) is 0.752. The standard InChI is InChI=1S/C12H8BrFN4/c13-11-9(7-1-3-8(14)4-2-7)10-12(15)16-5-6-18(10)17-11/h1-6H,(H2,15,16). The summed E-state index contributed by atoms with van der Waals surface area (Å²) in [5.41, 5.74) is 8.21. The third-order valence-electron chi connectivity index (χ3n) is 2.66. The molecule has 18 heavy (non-hydrogen) atoms. The van der Waals surface area contributed by atoms with E-state index in [1.54, 1.807) is 29.0 Å². The summed E-state index contributed by atoms with van der Waals surface area (Å²) < 4.78 is 15.2. The molecule has 2 N–H and O–H groups in total. The molecular weight excluding hydrogens is 299 g/mol. The number of rotatable bonds is 1. The average Bonchev–Trinajstić information content (AvgIpc) is 2.68. The van der Waals surface area contributed by atoms with Crippen molar-refractivity contribution < 1.29 is 4.39 Å². The molecule has 6 heteroatoms. The van der Waals surface area contributed by atoms with Gasteiger partial charge in [-0.25, -0.2) is 13.9 Å². The minimum atomic E-state index is -0.280. The number of fused-ring (bicyclic) bond motifs is 1. The Hall–Kier alpha value is -1.95. The second-order valence-electron chi connectivity index (χ2n) is 3.78. The maximum Gasteiger partial charge on any atom is 0.150 e. The van der Waals surface area contributed by atoms with E-state index in [-0.39, 0.29) is 5.82 Å². The van der Waals surface area contributed by atoms with Gasteiger partial charge in [-0.05, 0) is 33.6 Å². The summed E-state index contributed by atoms with van der Waals surface area (Å²) in [5.74, 6) is 0.104. The maximum absolute atomic E-state index is 13.0. The number of nitrogens with zero attached hydrogens (tertiary/aromatic N) is 3. The molecule has 0 unspecified atom stereocenters. The molecule has 90 valence electrons. The second-order valence-corrected chi connectivity index (χ2v) is 4.53. The fraction of sp³-hybridized carbons (Fsp3) is 0. The second kappa shape index (κ2) is 4.06. The Labute approximate surface area is 110 Å². The van der Waals surface area contributed by atoms with Crippen LogP contribution in [0.25, 0.3) is 16.6 Å². The Balaban J connectivity index is 2.34. The van der Waals surface area contributed by atoms with Crippen molar-refractivity contribution in [1.29, 1.82) is 0 Å². The van der Waals surface area contributed by atoms with E-state index in [1.165, 1.54) is 12.1 Å². The normalized spacial score (nSPS) is 11.0. The summed E-state index contributed by atoms with van der Waals surface area (Å²) in [4.78, 5) is 4.05. The molecule has 2 heterocycles. The molecule has 3 rings (SSSR count). The van der Waals surface area contributed by atoms with Crippen molar-refractivity contribution in [1.82, 2.24) is 14.6 Å². The Kier molecular flexibility index (Phi) is 2.52. The lowest BCUT2D eigenvalue weighted by Crippen LogP contribution is -1.96. The van der Waals surface area contributed by atoms with Crippen LogP contribution >= 0.6 is 15.9 Å². The van der Waals surface area contributed by atoms with Gasteiger partial charge in [0, 0.05) is 18.0 Å². The molecule has 0 saturated carbocycles. The minimum Gasteiger partial charge on any atom is -0.382 e. The van der Waals surface area contributed by atoms with E-state index >= 15 is 0 Å². The summed E-state index contributed by atoms with van der Waals surface area (Å²) in [7, 11) is 0. The molecule has 0 radical (unpaired) electrons. The van der Waals surface area contributed by atoms with Crippen LogP contribution in [0.3, 0.4) is 0 Å². The van der Waals surface area contributed by atoms with Crippen LogP contribution < -0.4 is 5.73 Å². The van der Waals surface area contributed by atoms with Crippen molar-refractivity contribution in [2.75, 3.05) is 5.73 Å². The topological polar surface area (TPSA) is 56.2 Å². The molecule has 0 bridgehead atoms. The molecule has 0 atom stereocenters. The number of aromatic nitrogens is 3. The first kappa shape index (κ1) is 11.2. The molecule has 0 aliphatic carbocycles. The summed E-state index contributed by atoms with van der Waals surface area (Å²) in [6, 6.07) is 6.17. The number of benzene rings is 1. The number of nitrogens with two attached hydrogens (primary N) is 1. The lowest BCUT2D eigenvalue weighted by molar-refractivity contribution is 0.628. The monoisotopic (exact) mass is 306 g/mol. The lowest BCUT2D eigenvalue weighted by atomic mass is 10.1. The molecule has 0 spiro atoms. The minimum absolute atomic E-state index is 0.280. The maximum atomic E-state index is 13.0. The number of hydrogen-bond donors (Lipinski definition) is 1. The van der Waals surface area contributed by atoms with Gasteiger partial charge in [-0.1, -0.05) is 12.1 Å². The molecule has 2 aromatic heterocycles. The molecule has 0 saturated heterocycles. The third-order valence-corrected chi connectivity index (χ3v) is 3.22. The molecule has 3 aromatic rings.